The fourth-order valence-electron chi connectivity index (χ4n) is 1.19. The van der Waals surface area contributed by atoms with E-state index < -0.39 is 5.92 Å². The lowest BCUT2D eigenvalue weighted by Gasteiger charge is -1.87. The van der Waals surface area contributed by atoms with Gasteiger partial charge in [0.15, 0.2) is 0 Å². The lowest BCUT2D eigenvalue weighted by atomic mass is 10.3. The minimum Gasteiger partial charge on any atom is -0.206 e. The van der Waals surface area contributed by atoms with Crippen molar-refractivity contribution < 1.29 is 8.78 Å². The Kier molecular flexibility index (Phi) is 1.07. The van der Waals surface area contributed by atoms with Crippen LogP contribution in [0.15, 0.2) is 0 Å². The highest BCUT2D eigenvalue weighted by Gasteiger charge is 2.63. The van der Waals surface area contributed by atoms with Gasteiger partial charge < -0.3 is 0 Å². The van der Waals surface area contributed by atoms with Gasteiger partial charge >= 0.3 is 0 Å². The monoisotopic (exact) mass is 120 g/mol. The Hall–Kier alpha value is -0.140. The molecule has 2 atom stereocenters. The van der Waals surface area contributed by atoms with Crippen LogP contribution in [0.5, 0.6) is 0 Å². The molecule has 0 saturated heterocycles. The lowest BCUT2D eigenvalue weighted by molar-refractivity contribution is 0.0859. The summed E-state index contributed by atoms with van der Waals surface area (Å²) in [5, 5.41) is 0. The first-order chi connectivity index (χ1) is 3.60. The van der Waals surface area contributed by atoms with Crippen molar-refractivity contribution in [2.45, 2.75) is 26.2 Å². The fourth-order valence-corrected chi connectivity index (χ4v) is 1.19. The quantitative estimate of drug-likeness (QED) is 0.498. The number of hydrogen-bond acceptors (Lipinski definition) is 0. The number of hydrogen-bond donors (Lipinski definition) is 0. The predicted octanol–water partition coefficient (Wildman–Crippen LogP) is 2.30. The van der Waals surface area contributed by atoms with Gasteiger partial charge in [-0.3, -0.25) is 0 Å². The topological polar surface area (TPSA) is 0 Å². The molecule has 0 N–H and O–H groups in total. The summed E-state index contributed by atoms with van der Waals surface area (Å²) in [6.45, 7) is 3.41. The van der Waals surface area contributed by atoms with E-state index in [1.807, 2.05) is 6.92 Å². The van der Waals surface area contributed by atoms with E-state index >= 15 is 0 Å². The molecule has 0 unspecified atom stereocenters. The van der Waals surface area contributed by atoms with Crippen LogP contribution in [-0.2, 0) is 0 Å². The van der Waals surface area contributed by atoms with E-state index in [9.17, 15) is 8.78 Å². The molecule has 1 aliphatic carbocycles. The molecule has 0 aromatic carbocycles. The molecule has 0 heterocycles. The second-order valence-corrected chi connectivity index (χ2v) is 2.48. The standard InChI is InChI=1S/C6H10F2/c1-3-5-4(2)6(5,7)8/h4-5H,3H2,1-2H3/t4-,5-/m0/s1. The van der Waals surface area contributed by atoms with Crippen LogP contribution in [0, 0.1) is 11.8 Å². The Morgan fingerprint density at radius 1 is 1.50 bits per heavy atom. The SMILES string of the molecule is CC[C@H]1[C@H](C)C1(F)F. The Morgan fingerprint density at radius 3 is 1.88 bits per heavy atom. The molecule has 0 aliphatic heterocycles. The van der Waals surface area contributed by atoms with Crippen molar-refractivity contribution in [2.24, 2.45) is 11.8 Å². The van der Waals surface area contributed by atoms with Gasteiger partial charge in [-0.05, 0) is 6.42 Å². The van der Waals surface area contributed by atoms with Gasteiger partial charge in [-0.15, -0.1) is 0 Å². The van der Waals surface area contributed by atoms with Crippen molar-refractivity contribution >= 4 is 0 Å². The van der Waals surface area contributed by atoms with Crippen molar-refractivity contribution in [3.05, 3.63) is 0 Å². The van der Waals surface area contributed by atoms with Crippen LogP contribution < -0.4 is 0 Å². The Balaban J connectivity index is 2.45. The third-order valence-corrected chi connectivity index (χ3v) is 2.04. The van der Waals surface area contributed by atoms with Gasteiger partial charge in [0.2, 0.25) is 0 Å². The van der Waals surface area contributed by atoms with Crippen LogP contribution in [0.4, 0.5) is 8.78 Å². The van der Waals surface area contributed by atoms with Gasteiger partial charge in [0.05, 0.1) is 0 Å². The number of halogens is 2. The van der Waals surface area contributed by atoms with Crippen LogP contribution in [0.2, 0.25) is 0 Å². The summed E-state index contributed by atoms with van der Waals surface area (Å²) in [5.41, 5.74) is 0. The summed E-state index contributed by atoms with van der Waals surface area (Å²) in [7, 11) is 0. The molecule has 0 aromatic heterocycles. The van der Waals surface area contributed by atoms with Gasteiger partial charge in [-0.1, -0.05) is 13.8 Å². The highest BCUT2D eigenvalue weighted by Crippen LogP contribution is 2.56. The molecule has 0 spiro atoms. The zero-order valence-corrected chi connectivity index (χ0v) is 5.12. The van der Waals surface area contributed by atoms with Gasteiger partial charge in [0.25, 0.3) is 5.92 Å². The molecule has 8 heavy (non-hydrogen) atoms. The highest BCUT2D eigenvalue weighted by atomic mass is 19.3. The smallest absolute Gasteiger partial charge is 0.206 e. The first-order valence-corrected chi connectivity index (χ1v) is 2.98. The zero-order valence-electron chi connectivity index (χ0n) is 5.12. The van der Waals surface area contributed by atoms with Crippen molar-refractivity contribution in [1.82, 2.24) is 0 Å². The predicted molar refractivity (Wildman–Crippen MR) is 27.9 cm³/mol. The zero-order chi connectivity index (χ0) is 6.36. The van der Waals surface area contributed by atoms with Crippen molar-refractivity contribution in [1.29, 1.82) is 0 Å². The van der Waals surface area contributed by atoms with E-state index in [0.717, 1.165) is 0 Å². The molecular formula is C6H10F2. The second-order valence-electron chi connectivity index (χ2n) is 2.48. The van der Waals surface area contributed by atoms with Crippen LogP contribution in [-0.4, -0.2) is 5.92 Å². The molecule has 0 amide bonds. The van der Waals surface area contributed by atoms with E-state index in [1.54, 1.807) is 6.92 Å². The van der Waals surface area contributed by atoms with E-state index in [0.29, 0.717) is 6.42 Å². The lowest BCUT2D eigenvalue weighted by Crippen LogP contribution is -1.91. The minimum atomic E-state index is -2.32. The van der Waals surface area contributed by atoms with Crippen LogP contribution >= 0.6 is 0 Å². The summed E-state index contributed by atoms with van der Waals surface area (Å²) in [5.74, 6) is -3.00. The highest BCUT2D eigenvalue weighted by molar-refractivity contribution is 5.01. The molecule has 1 rings (SSSR count). The van der Waals surface area contributed by atoms with E-state index in [-0.39, 0.29) is 11.8 Å². The molecule has 0 radical (unpaired) electrons. The number of rotatable bonds is 1. The molecule has 1 saturated carbocycles. The third-order valence-electron chi connectivity index (χ3n) is 2.04. The summed E-state index contributed by atoms with van der Waals surface area (Å²) >= 11 is 0. The van der Waals surface area contributed by atoms with Crippen molar-refractivity contribution in [3.63, 3.8) is 0 Å². The molecule has 1 aliphatic rings. The number of alkyl halides is 2. The van der Waals surface area contributed by atoms with Gasteiger partial charge in [-0.25, -0.2) is 8.78 Å². The normalized spacial score (nSPS) is 42.0. The molecule has 1 fully saturated rings. The van der Waals surface area contributed by atoms with E-state index in [1.165, 1.54) is 0 Å². The summed E-state index contributed by atoms with van der Waals surface area (Å²) in [6, 6.07) is 0. The van der Waals surface area contributed by atoms with E-state index in [2.05, 4.69) is 0 Å². The molecule has 0 nitrogen and oxygen atoms in total. The maximum Gasteiger partial charge on any atom is 0.254 e. The minimum absolute atomic E-state index is 0.317. The molecule has 0 aromatic rings. The van der Waals surface area contributed by atoms with Gasteiger partial charge in [-0.2, -0.15) is 0 Å². The van der Waals surface area contributed by atoms with Crippen molar-refractivity contribution in [2.75, 3.05) is 0 Å². The summed E-state index contributed by atoms with van der Waals surface area (Å²) in [6.07, 6.45) is 0.619. The van der Waals surface area contributed by atoms with Crippen LogP contribution in [0.3, 0.4) is 0 Å². The van der Waals surface area contributed by atoms with Crippen LogP contribution in [0.1, 0.15) is 20.3 Å². The van der Waals surface area contributed by atoms with Gasteiger partial charge in [0.1, 0.15) is 0 Å². The summed E-state index contributed by atoms with van der Waals surface area (Å²) < 4.78 is 24.4. The first-order valence-electron chi connectivity index (χ1n) is 2.98. The maximum absolute atomic E-state index is 12.2. The average molecular weight is 120 g/mol. The largest absolute Gasteiger partial charge is 0.254 e. The molecule has 2 heteroatoms. The average Bonchev–Trinajstić information content (AvgIpc) is 2.09. The summed E-state index contributed by atoms with van der Waals surface area (Å²) in [4.78, 5) is 0. The molecule has 0 bridgehead atoms. The third kappa shape index (κ3) is 0.550. The molecule has 48 valence electrons. The Morgan fingerprint density at radius 2 is 1.88 bits per heavy atom. The molecular weight excluding hydrogens is 110 g/mol. The maximum atomic E-state index is 12.2. The second kappa shape index (κ2) is 1.42. The van der Waals surface area contributed by atoms with Crippen molar-refractivity contribution in [3.8, 4) is 0 Å². The Bertz CT molecular complexity index is 98.7. The fraction of sp³-hybridized carbons (Fsp3) is 1.00. The van der Waals surface area contributed by atoms with Crippen LogP contribution in [0.25, 0.3) is 0 Å². The first kappa shape index (κ1) is 5.99. The van der Waals surface area contributed by atoms with Gasteiger partial charge in [0, 0.05) is 11.8 Å². The van der Waals surface area contributed by atoms with E-state index in [4.69, 9.17) is 0 Å². The Labute approximate surface area is 47.9 Å².